The number of rotatable bonds is 10. The van der Waals surface area contributed by atoms with Gasteiger partial charge in [0.05, 0.1) is 11.1 Å². The van der Waals surface area contributed by atoms with Crippen LogP contribution in [-0.2, 0) is 0 Å². The van der Waals surface area contributed by atoms with E-state index >= 15 is 0 Å². The van der Waals surface area contributed by atoms with Gasteiger partial charge in [0, 0.05) is 23.8 Å². The molecule has 1 aromatic carbocycles. The lowest BCUT2D eigenvalue weighted by atomic mass is 10.0. The van der Waals surface area contributed by atoms with Crippen molar-refractivity contribution in [3.63, 3.8) is 0 Å². The number of ether oxygens (including phenoxy) is 1. The first kappa shape index (κ1) is 25.0. The Morgan fingerprint density at radius 3 is 2.44 bits per heavy atom. The van der Waals surface area contributed by atoms with Crippen LogP contribution in [0.2, 0.25) is 0 Å². The molecule has 2 fully saturated rings. The highest BCUT2D eigenvalue weighted by Crippen LogP contribution is 2.29. The maximum absolute atomic E-state index is 5.64. The molecule has 186 valence electrons. The Morgan fingerprint density at radius 2 is 1.76 bits per heavy atom. The van der Waals surface area contributed by atoms with E-state index in [-0.39, 0.29) is 6.04 Å². The van der Waals surface area contributed by atoms with Crippen LogP contribution in [0.1, 0.15) is 71.6 Å². The average molecular weight is 533 g/mol. The van der Waals surface area contributed by atoms with Crippen LogP contribution in [0.5, 0.6) is 5.75 Å². The average Bonchev–Trinajstić information content (AvgIpc) is 3.24. The van der Waals surface area contributed by atoms with E-state index in [0.29, 0.717) is 36.5 Å². The molecule has 0 spiro atoms. The van der Waals surface area contributed by atoms with E-state index in [1.807, 2.05) is 25.1 Å². The second-order valence-electron chi connectivity index (χ2n) is 9.20. The van der Waals surface area contributed by atoms with E-state index in [1.165, 1.54) is 38.5 Å². The molecule has 1 aliphatic carbocycles. The van der Waals surface area contributed by atoms with Gasteiger partial charge >= 0.3 is 0 Å². The molecular weight excluding hydrogens is 494 g/mol. The SMILES string of the molecule is CCOc1ccc(Nc2nc(NC3CCCCCC3)nc(NC(CC)C3CCCN3)n2)cc1Br. The normalized spacial score (nSPS) is 19.9. The van der Waals surface area contributed by atoms with E-state index in [4.69, 9.17) is 19.7 Å². The standard InChI is InChI=1S/C25H38BrN7O/c1-3-20(21-12-9-15-27-21)30-25-32-23(28-17-10-7-5-6-8-11-17)31-24(33-25)29-18-13-14-22(34-4-2)19(26)16-18/h13-14,16-17,20-21,27H,3-12,15H2,1-2H3,(H3,28,29,30,31,32,33). The Balaban J connectivity index is 1.55. The number of anilines is 4. The highest BCUT2D eigenvalue weighted by atomic mass is 79.9. The molecule has 1 saturated carbocycles. The lowest BCUT2D eigenvalue weighted by Crippen LogP contribution is -2.40. The Bertz CT molecular complexity index is 914. The van der Waals surface area contributed by atoms with Crippen molar-refractivity contribution >= 4 is 39.5 Å². The number of aromatic nitrogens is 3. The van der Waals surface area contributed by atoms with E-state index in [9.17, 15) is 0 Å². The van der Waals surface area contributed by atoms with E-state index in [1.54, 1.807) is 0 Å². The van der Waals surface area contributed by atoms with Gasteiger partial charge in [-0.15, -0.1) is 0 Å². The first-order valence-electron chi connectivity index (χ1n) is 12.9. The predicted octanol–water partition coefficient (Wildman–Crippen LogP) is 5.85. The molecule has 2 aromatic rings. The van der Waals surface area contributed by atoms with Crippen LogP contribution in [0.4, 0.5) is 23.5 Å². The van der Waals surface area contributed by atoms with Crippen molar-refractivity contribution in [1.82, 2.24) is 20.3 Å². The number of nitrogens with one attached hydrogen (secondary N) is 4. The van der Waals surface area contributed by atoms with Crippen molar-refractivity contribution in [3.8, 4) is 5.75 Å². The third kappa shape index (κ3) is 6.95. The smallest absolute Gasteiger partial charge is 0.233 e. The van der Waals surface area contributed by atoms with Crippen molar-refractivity contribution in [2.75, 3.05) is 29.1 Å². The van der Waals surface area contributed by atoms with E-state index < -0.39 is 0 Å². The molecule has 1 aromatic heterocycles. The van der Waals surface area contributed by atoms with Gasteiger partial charge in [-0.2, -0.15) is 15.0 Å². The molecule has 2 heterocycles. The number of halogens is 1. The van der Waals surface area contributed by atoms with E-state index in [2.05, 4.69) is 44.1 Å². The zero-order valence-corrected chi connectivity index (χ0v) is 22.0. The molecule has 0 bridgehead atoms. The van der Waals surface area contributed by atoms with Gasteiger partial charge in [-0.05, 0) is 79.7 Å². The molecule has 4 N–H and O–H groups in total. The van der Waals surface area contributed by atoms with Gasteiger partial charge in [-0.3, -0.25) is 0 Å². The van der Waals surface area contributed by atoms with Gasteiger partial charge in [-0.1, -0.05) is 32.6 Å². The predicted molar refractivity (Wildman–Crippen MR) is 142 cm³/mol. The third-order valence-electron chi connectivity index (χ3n) is 6.65. The molecule has 4 rings (SSSR count). The molecule has 1 aliphatic heterocycles. The molecule has 2 atom stereocenters. The minimum absolute atomic E-state index is 0.281. The fourth-order valence-corrected chi connectivity index (χ4v) is 5.35. The number of hydrogen-bond acceptors (Lipinski definition) is 8. The third-order valence-corrected chi connectivity index (χ3v) is 7.27. The van der Waals surface area contributed by atoms with Gasteiger partial charge in [0.2, 0.25) is 17.8 Å². The molecule has 0 radical (unpaired) electrons. The highest BCUT2D eigenvalue weighted by Gasteiger charge is 2.24. The minimum Gasteiger partial charge on any atom is -0.493 e. The molecule has 1 saturated heterocycles. The Labute approximate surface area is 211 Å². The van der Waals surface area contributed by atoms with Crippen LogP contribution < -0.4 is 26.0 Å². The summed E-state index contributed by atoms with van der Waals surface area (Å²) in [6, 6.07) is 7.03. The van der Waals surface area contributed by atoms with Crippen LogP contribution in [0.15, 0.2) is 22.7 Å². The summed E-state index contributed by atoms with van der Waals surface area (Å²) in [5.74, 6) is 2.58. The Kier molecular flexibility index (Phi) is 9.21. The molecular formula is C25H38BrN7O. The van der Waals surface area contributed by atoms with Gasteiger partial charge in [-0.25, -0.2) is 0 Å². The Hall–Kier alpha value is -2.13. The van der Waals surface area contributed by atoms with Crippen molar-refractivity contribution < 1.29 is 4.74 Å². The number of nitrogens with zero attached hydrogens (tertiary/aromatic N) is 3. The summed E-state index contributed by atoms with van der Waals surface area (Å²) in [6.45, 7) is 5.89. The summed E-state index contributed by atoms with van der Waals surface area (Å²) >= 11 is 3.59. The summed E-state index contributed by atoms with van der Waals surface area (Å²) in [6.07, 6.45) is 10.9. The summed E-state index contributed by atoms with van der Waals surface area (Å²) in [5, 5.41) is 14.2. The summed E-state index contributed by atoms with van der Waals surface area (Å²) in [5.41, 5.74) is 0.886. The first-order valence-corrected chi connectivity index (χ1v) is 13.7. The van der Waals surface area contributed by atoms with Gasteiger partial charge in [0.15, 0.2) is 0 Å². The first-order chi connectivity index (χ1) is 16.6. The number of benzene rings is 1. The van der Waals surface area contributed by atoms with Crippen LogP contribution >= 0.6 is 15.9 Å². The van der Waals surface area contributed by atoms with Crippen molar-refractivity contribution in [2.24, 2.45) is 0 Å². The monoisotopic (exact) mass is 531 g/mol. The van der Waals surface area contributed by atoms with Gasteiger partial charge in [0.1, 0.15) is 5.75 Å². The van der Waals surface area contributed by atoms with Gasteiger partial charge in [0.25, 0.3) is 0 Å². The zero-order chi connectivity index (χ0) is 23.8. The quantitative estimate of drug-likeness (QED) is 0.283. The summed E-state index contributed by atoms with van der Waals surface area (Å²) in [7, 11) is 0. The molecule has 8 nitrogen and oxygen atoms in total. The lowest BCUT2D eigenvalue weighted by Gasteiger charge is -2.24. The van der Waals surface area contributed by atoms with E-state index in [0.717, 1.165) is 41.7 Å². The fourth-order valence-electron chi connectivity index (χ4n) is 4.86. The maximum atomic E-state index is 5.64. The van der Waals surface area contributed by atoms with Crippen LogP contribution in [0.25, 0.3) is 0 Å². The van der Waals surface area contributed by atoms with Crippen LogP contribution in [0, 0.1) is 0 Å². The highest BCUT2D eigenvalue weighted by molar-refractivity contribution is 9.10. The van der Waals surface area contributed by atoms with Crippen molar-refractivity contribution in [3.05, 3.63) is 22.7 Å². The largest absolute Gasteiger partial charge is 0.493 e. The molecule has 2 unspecified atom stereocenters. The second kappa shape index (κ2) is 12.5. The lowest BCUT2D eigenvalue weighted by molar-refractivity contribution is 0.338. The van der Waals surface area contributed by atoms with Crippen molar-refractivity contribution in [2.45, 2.75) is 89.8 Å². The minimum atomic E-state index is 0.281. The van der Waals surface area contributed by atoms with Crippen LogP contribution in [-0.4, -0.2) is 46.2 Å². The Morgan fingerprint density at radius 1 is 1.00 bits per heavy atom. The topological polar surface area (TPSA) is 96.0 Å². The van der Waals surface area contributed by atoms with Gasteiger partial charge < -0.3 is 26.0 Å². The molecule has 0 amide bonds. The molecule has 34 heavy (non-hydrogen) atoms. The molecule has 2 aliphatic rings. The summed E-state index contributed by atoms with van der Waals surface area (Å²) in [4.78, 5) is 14.2. The zero-order valence-electron chi connectivity index (χ0n) is 20.4. The summed E-state index contributed by atoms with van der Waals surface area (Å²) < 4.78 is 6.53. The van der Waals surface area contributed by atoms with Crippen molar-refractivity contribution in [1.29, 1.82) is 0 Å². The number of hydrogen-bond donors (Lipinski definition) is 4. The van der Waals surface area contributed by atoms with Crippen LogP contribution in [0.3, 0.4) is 0 Å². The fraction of sp³-hybridized carbons (Fsp3) is 0.640. The maximum Gasteiger partial charge on any atom is 0.233 e. The second-order valence-corrected chi connectivity index (χ2v) is 10.1. The molecule has 9 heteroatoms.